The molecule has 0 aliphatic carbocycles. The van der Waals surface area contributed by atoms with Crippen molar-refractivity contribution in [3.63, 3.8) is 0 Å². The number of nitrogen functional groups attached to an aromatic ring is 1. The molecule has 3 rings (SSSR count). The monoisotopic (exact) mass is 491 g/mol. The predicted molar refractivity (Wildman–Crippen MR) is 155 cm³/mol. The summed E-state index contributed by atoms with van der Waals surface area (Å²) in [5.74, 6) is 3.10. The standard InChI is InChI=1S/C33H33NO3/c1-20(2)23(7)35-29-14-10-26(11-15-29)30-16-12-27(18-31(30)34)28-13-17-32(36-24(8)21(3)4)33(19-28)37-25(9)22(5)6/h10-19H,1,3,5,7-9,34H2,2,4,6H3. The van der Waals surface area contributed by atoms with Crippen LogP contribution in [-0.4, -0.2) is 0 Å². The summed E-state index contributed by atoms with van der Waals surface area (Å²) in [6.45, 7) is 28.8. The third-order valence-corrected chi connectivity index (χ3v) is 5.63. The zero-order chi connectivity index (χ0) is 27.3. The highest BCUT2D eigenvalue weighted by Crippen LogP contribution is 2.38. The Labute approximate surface area is 220 Å². The summed E-state index contributed by atoms with van der Waals surface area (Å²) in [4.78, 5) is 0. The number of anilines is 1. The molecule has 0 saturated heterocycles. The number of hydrogen-bond donors (Lipinski definition) is 1. The number of hydrogen-bond acceptors (Lipinski definition) is 4. The van der Waals surface area contributed by atoms with E-state index in [-0.39, 0.29) is 0 Å². The van der Waals surface area contributed by atoms with Gasteiger partial charge in [-0.25, -0.2) is 0 Å². The highest BCUT2D eigenvalue weighted by molar-refractivity contribution is 5.82. The summed E-state index contributed by atoms with van der Waals surface area (Å²) in [6.07, 6.45) is 0. The van der Waals surface area contributed by atoms with Crippen LogP contribution in [0.25, 0.3) is 22.3 Å². The molecule has 3 aromatic rings. The minimum absolute atomic E-state index is 0.442. The quantitative estimate of drug-likeness (QED) is 0.165. The summed E-state index contributed by atoms with van der Waals surface area (Å²) in [5.41, 5.74) is 13.0. The molecule has 2 N–H and O–H groups in total. The highest BCUT2D eigenvalue weighted by Gasteiger charge is 2.13. The van der Waals surface area contributed by atoms with Crippen LogP contribution in [0.5, 0.6) is 17.2 Å². The van der Waals surface area contributed by atoms with E-state index < -0.39 is 0 Å². The van der Waals surface area contributed by atoms with Crippen LogP contribution in [0.2, 0.25) is 0 Å². The van der Waals surface area contributed by atoms with Gasteiger partial charge < -0.3 is 19.9 Å². The van der Waals surface area contributed by atoms with Crippen molar-refractivity contribution >= 4 is 5.69 Å². The predicted octanol–water partition coefficient (Wildman–Crippen LogP) is 9.01. The summed E-state index contributed by atoms with van der Waals surface area (Å²) >= 11 is 0. The van der Waals surface area contributed by atoms with Gasteiger partial charge in [0, 0.05) is 11.3 Å². The molecule has 0 heterocycles. The number of nitrogens with two attached hydrogens (primary N) is 1. The topological polar surface area (TPSA) is 53.7 Å². The van der Waals surface area contributed by atoms with Crippen molar-refractivity contribution in [3.8, 4) is 39.5 Å². The van der Waals surface area contributed by atoms with E-state index >= 15 is 0 Å². The van der Waals surface area contributed by atoms with E-state index in [1.165, 1.54) is 0 Å². The Hall–Kier alpha value is -4.70. The Balaban J connectivity index is 1.91. The first-order chi connectivity index (χ1) is 17.5. The summed E-state index contributed by atoms with van der Waals surface area (Å²) in [6, 6.07) is 19.3. The average Bonchev–Trinajstić information content (AvgIpc) is 2.85. The van der Waals surface area contributed by atoms with Crippen molar-refractivity contribution < 1.29 is 14.2 Å². The molecule has 4 nitrogen and oxygen atoms in total. The molecule has 4 heteroatoms. The maximum Gasteiger partial charge on any atom is 0.170 e. The van der Waals surface area contributed by atoms with Gasteiger partial charge in [-0.05, 0) is 84.5 Å². The van der Waals surface area contributed by atoms with Gasteiger partial charge in [-0.3, -0.25) is 0 Å². The lowest BCUT2D eigenvalue weighted by molar-refractivity contribution is 0.379. The normalized spacial score (nSPS) is 10.2. The Bertz CT molecular complexity index is 1420. The van der Waals surface area contributed by atoms with E-state index in [1.54, 1.807) is 0 Å². The first-order valence-corrected chi connectivity index (χ1v) is 11.7. The molecule has 0 aromatic heterocycles. The summed E-state index contributed by atoms with van der Waals surface area (Å²) < 4.78 is 17.6. The van der Waals surface area contributed by atoms with Crippen molar-refractivity contribution in [1.29, 1.82) is 0 Å². The first kappa shape index (κ1) is 26.9. The van der Waals surface area contributed by atoms with Crippen LogP contribution in [0.3, 0.4) is 0 Å². The molecule has 0 fully saturated rings. The lowest BCUT2D eigenvalue weighted by Gasteiger charge is -2.17. The van der Waals surface area contributed by atoms with Crippen LogP contribution in [0.1, 0.15) is 20.8 Å². The Morgan fingerprint density at radius 3 is 1.54 bits per heavy atom. The van der Waals surface area contributed by atoms with Gasteiger partial charge in [0.25, 0.3) is 0 Å². The fraction of sp³-hybridized carbons (Fsp3) is 0.0909. The van der Waals surface area contributed by atoms with Crippen LogP contribution in [0.4, 0.5) is 5.69 Å². The molecule has 0 unspecified atom stereocenters. The van der Waals surface area contributed by atoms with Crippen molar-refractivity contribution in [2.75, 3.05) is 5.73 Å². The number of ether oxygens (including phenoxy) is 3. The largest absolute Gasteiger partial charge is 0.458 e. The molecule has 3 aromatic carbocycles. The Morgan fingerprint density at radius 1 is 0.541 bits per heavy atom. The van der Waals surface area contributed by atoms with Crippen LogP contribution in [0, 0.1) is 0 Å². The molecule has 0 saturated carbocycles. The van der Waals surface area contributed by atoms with E-state index in [0.717, 1.165) is 33.4 Å². The second-order valence-electron chi connectivity index (χ2n) is 8.90. The molecule has 0 bridgehead atoms. The number of allylic oxidation sites excluding steroid dienone is 3. The van der Waals surface area contributed by atoms with Gasteiger partial charge in [-0.15, -0.1) is 0 Å². The maximum atomic E-state index is 6.48. The Morgan fingerprint density at radius 2 is 1.00 bits per heavy atom. The Kier molecular flexibility index (Phi) is 8.26. The molecule has 37 heavy (non-hydrogen) atoms. The zero-order valence-corrected chi connectivity index (χ0v) is 21.8. The maximum absolute atomic E-state index is 6.48. The third-order valence-electron chi connectivity index (χ3n) is 5.63. The lowest BCUT2D eigenvalue weighted by Crippen LogP contribution is -2.00. The minimum atomic E-state index is 0.442. The van der Waals surface area contributed by atoms with Crippen molar-refractivity contribution in [3.05, 3.63) is 134 Å². The number of rotatable bonds is 11. The molecule has 0 spiro atoms. The molecule has 0 aliphatic heterocycles. The number of benzene rings is 3. The van der Waals surface area contributed by atoms with Gasteiger partial charge in [0.05, 0.1) is 0 Å². The molecule has 188 valence electrons. The SMILES string of the molecule is C=C(C)C(=C)Oc1ccc(-c2ccc(-c3ccc(OC(=C)C(=C)C)c(OC(=C)C(=C)C)c3)cc2N)cc1. The smallest absolute Gasteiger partial charge is 0.170 e. The lowest BCUT2D eigenvalue weighted by atomic mass is 9.98. The second kappa shape index (κ2) is 11.4. The van der Waals surface area contributed by atoms with E-state index in [9.17, 15) is 0 Å². The fourth-order valence-electron chi connectivity index (χ4n) is 3.23. The van der Waals surface area contributed by atoms with E-state index in [2.05, 4.69) is 39.5 Å². The molecule has 0 radical (unpaired) electrons. The average molecular weight is 492 g/mol. The molecule has 0 amide bonds. The molecular weight excluding hydrogens is 458 g/mol. The van der Waals surface area contributed by atoms with Crippen LogP contribution in [-0.2, 0) is 0 Å². The van der Waals surface area contributed by atoms with Crippen LogP contribution >= 0.6 is 0 Å². The van der Waals surface area contributed by atoms with E-state index in [4.69, 9.17) is 19.9 Å². The van der Waals surface area contributed by atoms with Crippen molar-refractivity contribution in [2.45, 2.75) is 20.8 Å². The highest BCUT2D eigenvalue weighted by atomic mass is 16.5. The van der Waals surface area contributed by atoms with Gasteiger partial charge in [-0.2, -0.15) is 0 Å². The third kappa shape index (κ3) is 6.71. The second-order valence-corrected chi connectivity index (χ2v) is 8.90. The van der Waals surface area contributed by atoms with Gasteiger partial charge in [0.2, 0.25) is 0 Å². The molecule has 0 aliphatic rings. The first-order valence-electron chi connectivity index (χ1n) is 11.7. The molecular formula is C33H33NO3. The van der Waals surface area contributed by atoms with Gasteiger partial charge >= 0.3 is 0 Å². The van der Waals surface area contributed by atoms with Gasteiger partial charge in [0.15, 0.2) is 11.5 Å². The fourth-order valence-corrected chi connectivity index (χ4v) is 3.23. The van der Waals surface area contributed by atoms with Crippen molar-refractivity contribution in [1.82, 2.24) is 0 Å². The summed E-state index contributed by atoms with van der Waals surface area (Å²) in [5, 5.41) is 0. The van der Waals surface area contributed by atoms with E-state index in [0.29, 0.717) is 45.8 Å². The van der Waals surface area contributed by atoms with Gasteiger partial charge in [-0.1, -0.05) is 69.8 Å². The van der Waals surface area contributed by atoms with Crippen LogP contribution in [0.15, 0.2) is 134 Å². The van der Waals surface area contributed by atoms with Crippen molar-refractivity contribution in [2.24, 2.45) is 0 Å². The van der Waals surface area contributed by atoms with E-state index in [1.807, 2.05) is 81.4 Å². The zero-order valence-electron chi connectivity index (χ0n) is 21.8. The van der Waals surface area contributed by atoms with Gasteiger partial charge in [0.1, 0.15) is 23.0 Å². The van der Waals surface area contributed by atoms with Crippen LogP contribution < -0.4 is 19.9 Å². The summed E-state index contributed by atoms with van der Waals surface area (Å²) in [7, 11) is 0. The molecule has 0 atom stereocenters. The minimum Gasteiger partial charge on any atom is -0.458 e.